The number of hydrogen-bond donors (Lipinski definition) is 0. The number of rotatable bonds is 3. The molecule has 6 heteroatoms. The second-order valence-electron chi connectivity index (χ2n) is 3.92. The van der Waals surface area contributed by atoms with Gasteiger partial charge in [-0.05, 0) is 17.7 Å². The average Bonchev–Trinajstić information content (AvgIpc) is 2.78. The van der Waals surface area contributed by atoms with Gasteiger partial charge in [-0.15, -0.1) is 0 Å². The first kappa shape index (κ1) is 12.3. The quantitative estimate of drug-likeness (QED) is 0.832. The summed E-state index contributed by atoms with van der Waals surface area (Å²) in [6.07, 6.45) is 4.21. The third-order valence-electron chi connectivity index (χ3n) is 2.44. The van der Waals surface area contributed by atoms with Gasteiger partial charge in [0.1, 0.15) is 0 Å². The summed E-state index contributed by atoms with van der Waals surface area (Å²) in [5.74, 6) is 0. The Bertz CT molecular complexity index is 694. The lowest BCUT2D eigenvalue weighted by atomic mass is 10.1. The molecule has 0 aliphatic rings. The molecule has 0 N–H and O–H groups in total. The Kier molecular flexibility index (Phi) is 3.17. The molecule has 0 aliphatic carbocycles. The van der Waals surface area contributed by atoms with Gasteiger partial charge in [-0.2, -0.15) is 5.26 Å². The molecule has 1 aromatic heterocycles. The number of aromatic nitrogens is 2. The first-order valence-corrected chi connectivity index (χ1v) is 7.10. The van der Waals surface area contributed by atoms with E-state index in [2.05, 4.69) is 4.98 Å². The molecule has 1 aromatic carbocycles. The monoisotopic (exact) mass is 261 g/mol. The third kappa shape index (κ3) is 2.57. The van der Waals surface area contributed by atoms with E-state index in [0.717, 1.165) is 11.8 Å². The fraction of sp³-hybridized carbons (Fsp3) is 0.167. The highest BCUT2D eigenvalue weighted by Gasteiger charge is 2.14. The van der Waals surface area contributed by atoms with E-state index >= 15 is 0 Å². The maximum atomic E-state index is 11.5. The summed E-state index contributed by atoms with van der Waals surface area (Å²) in [5.41, 5.74) is 1.49. The van der Waals surface area contributed by atoms with E-state index in [1.54, 1.807) is 35.0 Å². The number of hydrogen-bond acceptors (Lipinski definition) is 4. The second-order valence-corrected chi connectivity index (χ2v) is 5.83. The number of benzene rings is 1. The Morgan fingerprint density at radius 3 is 2.56 bits per heavy atom. The van der Waals surface area contributed by atoms with Gasteiger partial charge in [-0.3, -0.25) is 0 Å². The van der Waals surface area contributed by atoms with Crippen LogP contribution in [0.1, 0.15) is 11.1 Å². The topological polar surface area (TPSA) is 75.8 Å². The van der Waals surface area contributed by atoms with Gasteiger partial charge in [0, 0.05) is 25.2 Å². The summed E-state index contributed by atoms with van der Waals surface area (Å²) in [7, 11) is -3.32. The Labute approximate surface area is 105 Å². The van der Waals surface area contributed by atoms with Crippen LogP contribution in [0, 0.1) is 11.3 Å². The maximum absolute atomic E-state index is 11.5. The summed E-state index contributed by atoms with van der Waals surface area (Å²) < 4.78 is 24.5. The van der Waals surface area contributed by atoms with Crippen molar-refractivity contribution in [2.24, 2.45) is 0 Å². The maximum Gasteiger partial charge on any atom is 0.227 e. The lowest BCUT2D eigenvalue weighted by molar-refractivity contribution is 0.578. The van der Waals surface area contributed by atoms with Gasteiger partial charge in [-0.25, -0.2) is 13.4 Å². The Balaban J connectivity index is 2.30. The van der Waals surface area contributed by atoms with E-state index in [0.29, 0.717) is 12.1 Å². The lowest BCUT2D eigenvalue weighted by Gasteiger charge is -2.06. The molecule has 0 fully saturated rings. The van der Waals surface area contributed by atoms with E-state index in [-0.39, 0.29) is 5.16 Å². The first-order chi connectivity index (χ1) is 8.50. The van der Waals surface area contributed by atoms with Crippen LogP contribution in [0.5, 0.6) is 0 Å². The van der Waals surface area contributed by atoms with Crippen LogP contribution in [-0.2, 0) is 16.4 Å². The fourth-order valence-electron chi connectivity index (χ4n) is 1.63. The van der Waals surface area contributed by atoms with Crippen molar-refractivity contribution in [1.29, 1.82) is 5.26 Å². The van der Waals surface area contributed by atoms with Crippen LogP contribution >= 0.6 is 0 Å². The lowest BCUT2D eigenvalue weighted by Crippen LogP contribution is -2.09. The summed E-state index contributed by atoms with van der Waals surface area (Å²) in [6, 6.07) is 9.03. The van der Waals surface area contributed by atoms with Crippen LogP contribution in [0.2, 0.25) is 0 Å². The van der Waals surface area contributed by atoms with E-state index in [1.165, 1.54) is 6.20 Å². The smallest absolute Gasteiger partial charge is 0.227 e. The molecular weight excluding hydrogens is 250 g/mol. The van der Waals surface area contributed by atoms with Gasteiger partial charge in [0.25, 0.3) is 0 Å². The fourth-order valence-corrected chi connectivity index (χ4v) is 2.43. The Morgan fingerprint density at radius 1 is 1.33 bits per heavy atom. The highest BCUT2D eigenvalue weighted by atomic mass is 32.2. The van der Waals surface area contributed by atoms with Crippen molar-refractivity contribution in [3.05, 3.63) is 47.8 Å². The second kappa shape index (κ2) is 4.63. The van der Waals surface area contributed by atoms with Crippen LogP contribution in [-0.4, -0.2) is 24.2 Å². The zero-order valence-electron chi connectivity index (χ0n) is 9.74. The van der Waals surface area contributed by atoms with Gasteiger partial charge in [0.05, 0.1) is 11.6 Å². The third-order valence-corrected chi connectivity index (χ3v) is 3.45. The molecule has 0 amide bonds. The van der Waals surface area contributed by atoms with Crippen LogP contribution in [0.4, 0.5) is 0 Å². The molecule has 92 valence electrons. The van der Waals surface area contributed by atoms with Crippen LogP contribution in [0.25, 0.3) is 0 Å². The molecule has 0 spiro atoms. The zero-order chi connectivity index (χ0) is 13.2. The predicted molar refractivity (Wildman–Crippen MR) is 65.6 cm³/mol. The molecule has 0 aliphatic heterocycles. The molecule has 0 saturated carbocycles. The van der Waals surface area contributed by atoms with Crippen LogP contribution < -0.4 is 0 Å². The number of nitriles is 1. The summed E-state index contributed by atoms with van der Waals surface area (Å²) in [6.45, 7) is 0.411. The van der Waals surface area contributed by atoms with Gasteiger partial charge < -0.3 is 4.57 Å². The van der Waals surface area contributed by atoms with E-state index < -0.39 is 9.84 Å². The molecular formula is C12H11N3O2S. The van der Waals surface area contributed by atoms with Crippen molar-refractivity contribution in [3.63, 3.8) is 0 Å². The SMILES string of the molecule is CS(=O)(=O)c1nccn1Cc1ccc(C#N)cc1. The minimum absolute atomic E-state index is 0.0480. The average molecular weight is 261 g/mol. The molecule has 0 unspecified atom stereocenters. The highest BCUT2D eigenvalue weighted by Crippen LogP contribution is 2.10. The number of nitrogens with zero attached hydrogens (tertiary/aromatic N) is 3. The summed E-state index contributed by atoms with van der Waals surface area (Å²) >= 11 is 0. The first-order valence-electron chi connectivity index (χ1n) is 5.21. The largest absolute Gasteiger partial charge is 0.318 e. The molecule has 2 rings (SSSR count). The molecule has 2 aromatic rings. The molecule has 1 heterocycles. The van der Waals surface area contributed by atoms with Crippen molar-refractivity contribution in [1.82, 2.24) is 9.55 Å². The molecule has 5 nitrogen and oxygen atoms in total. The molecule has 0 saturated heterocycles. The zero-order valence-corrected chi connectivity index (χ0v) is 10.6. The normalized spacial score (nSPS) is 11.1. The minimum atomic E-state index is -3.32. The standard InChI is InChI=1S/C12H11N3O2S/c1-18(16,17)12-14-6-7-15(12)9-11-4-2-10(8-13)3-5-11/h2-7H,9H2,1H3. The van der Waals surface area contributed by atoms with Crippen LogP contribution in [0.3, 0.4) is 0 Å². The van der Waals surface area contributed by atoms with Gasteiger partial charge >= 0.3 is 0 Å². The van der Waals surface area contributed by atoms with Crippen molar-refractivity contribution >= 4 is 9.84 Å². The molecule has 0 radical (unpaired) electrons. The van der Waals surface area contributed by atoms with Crippen molar-refractivity contribution in [3.8, 4) is 6.07 Å². The highest BCUT2D eigenvalue weighted by molar-refractivity contribution is 7.90. The Morgan fingerprint density at radius 2 is 2.00 bits per heavy atom. The van der Waals surface area contributed by atoms with Crippen molar-refractivity contribution in [2.45, 2.75) is 11.7 Å². The van der Waals surface area contributed by atoms with Gasteiger partial charge in [0.2, 0.25) is 15.0 Å². The number of imidazole rings is 1. The van der Waals surface area contributed by atoms with Crippen LogP contribution in [0.15, 0.2) is 41.8 Å². The number of sulfone groups is 1. The Hall–Kier alpha value is -2.13. The predicted octanol–water partition coefficient (Wildman–Crippen LogP) is 1.21. The van der Waals surface area contributed by atoms with E-state index in [4.69, 9.17) is 5.26 Å². The van der Waals surface area contributed by atoms with E-state index in [1.807, 2.05) is 6.07 Å². The minimum Gasteiger partial charge on any atom is -0.318 e. The van der Waals surface area contributed by atoms with E-state index in [9.17, 15) is 8.42 Å². The molecule has 18 heavy (non-hydrogen) atoms. The van der Waals surface area contributed by atoms with Gasteiger partial charge in [-0.1, -0.05) is 12.1 Å². The van der Waals surface area contributed by atoms with Crippen molar-refractivity contribution < 1.29 is 8.42 Å². The van der Waals surface area contributed by atoms with Crippen molar-refractivity contribution in [2.75, 3.05) is 6.26 Å². The molecule has 0 bridgehead atoms. The summed E-state index contributed by atoms with van der Waals surface area (Å²) in [4.78, 5) is 3.84. The molecule has 0 atom stereocenters. The van der Waals surface area contributed by atoms with Gasteiger partial charge in [0.15, 0.2) is 0 Å². The summed E-state index contributed by atoms with van der Waals surface area (Å²) in [5, 5.41) is 8.74.